The number of imidazole rings is 1. The molecule has 0 aliphatic carbocycles. The Morgan fingerprint density at radius 3 is 2.63 bits per heavy atom. The van der Waals surface area contributed by atoms with Gasteiger partial charge < -0.3 is 14.2 Å². The number of likely N-dealkylation sites (tertiary alicyclic amines) is 2. The number of hydrogen-bond donors (Lipinski definition) is 0. The van der Waals surface area contributed by atoms with Crippen molar-refractivity contribution in [1.29, 1.82) is 0 Å². The van der Waals surface area contributed by atoms with E-state index in [1.54, 1.807) is 7.11 Å². The lowest BCUT2D eigenvalue weighted by atomic mass is 9.79. The molecule has 1 aromatic heterocycles. The molecule has 2 aromatic carbocycles. The van der Waals surface area contributed by atoms with E-state index in [1.165, 1.54) is 41.6 Å². The zero-order valence-corrected chi connectivity index (χ0v) is 22.8. The molecule has 0 saturated carbocycles. The van der Waals surface area contributed by atoms with Crippen molar-refractivity contribution < 1.29 is 9.53 Å². The Hall–Kier alpha value is -2.96. The van der Waals surface area contributed by atoms with Crippen LogP contribution in [0.3, 0.4) is 0 Å². The maximum absolute atomic E-state index is 13.6. The van der Waals surface area contributed by atoms with E-state index in [4.69, 9.17) is 9.72 Å². The summed E-state index contributed by atoms with van der Waals surface area (Å²) in [6, 6.07) is 18.0. The largest absolute Gasteiger partial charge is 0.383 e. The summed E-state index contributed by atoms with van der Waals surface area (Å²) in [5.41, 5.74) is 4.45. The van der Waals surface area contributed by atoms with Gasteiger partial charge >= 0.3 is 0 Å². The molecular formula is C32H40N4O2. The number of amides is 1. The van der Waals surface area contributed by atoms with Gasteiger partial charge in [-0.1, -0.05) is 54.1 Å². The van der Waals surface area contributed by atoms with Crippen LogP contribution in [-0.4, -0.2) is 71.2 Å². The number of carbonyl (C=O) groups excluding carboxylic acids is 1. The van der Waals surface area contributed by atoms with E-state index in [0.717, 1.165) is 51.3 Å². The maximum Gasteiger partial charge on any atom is 0.222 e. The van der Waals surface area contributed by atoms with Crippen molar-refractivity contribution in [1.82, 2.24) is 19.4 Å². The summed E-state index contributed by atoms with van der Waals surface area (Å²) in [4.78, 5) is 23.1. The van der Waals surface area contributed by atoms with E-state index in [9.17, 15) is 4.79 Å². The molecule has 2 unspecified atom stereocenters. The fraction of sp³-hybridized carbons (Fsp3) is 0.500. The van der Waals surface area contributed by atoms with Crippen LogP contribution in [0.2, 0.25) is 0 Å². The second-order valence-electron chi connectivity index (χ2n) is 11.5. The molecule has 6 nitrogen and oxygen atoms in total. The minimum absolute atomic E-state index is 0.277. The van der Waals surface area contributed by atoms with Gasteiger partial charge in [0, 0.05) is 57.2 Å². The molecule has 3 aromatic rings. The maximum atomic E-state index is 13.6. The van der Waals surface area contributed by atoms with Gasteiger partial charge in [-0.3, -0.25) is 9.69 Å². The number of piperidine rings is 1. The highest BCUT2D eigenvalue weighted by Crippen LogP contribution is 2.49. The number of hydrogen-bond acceptors (Lipinski definition) is 4. The van der Waals surface area contributed by atoms with Crippen molar-refractivity contribution in [2.75, 3.05) is 39.9 Å². The molecule has 0 bridgehead atoms. The summed E-state index contributed by atoms with van der Waals surface area (Å²) in [5.74, 6) is 1.94. The Balaban J connectivity index is 1.16. The molecule has 0 radical (unpaired) electrons. The van der Waals surface area contributed by atoms with Gasteiger partial charge in [0.1, 0.15) is 5.82 Å². The van der Waals surface area contributed by atoms with Crippen molar-refractivity contribution in [2.24, 2.45) is 5.92 Å². The van der Waals surface area contributed by atoms with Crippen LogP contribution in [0.5, 0.6) is 0 Å². The first-order chi connectivity index (χ1) is 18.6. The second kappa shape index (κ2) is 10.7. The summed E-state index contributed by atoms with van der Waals surface area (Å²) < 4.78 is 7.75. The molecule has 0 N–H and O–H groups in total. The van der Waals surface area contributed by atoms with Gasteiger partial charge in [0.25, 0.3) is 0 Å². The van der Waals surface area contributed by atoms with Gasteiger partial charge in [0.15, 0.2) is 0 Å². The highest BCUT2D eigenvalue weighted by Gasteiger charge is 2.45. The van der Waals surface area contributed by atoms with Gasteiger partial charge in [-0.05, 0) is 62.6 Å². The molecule has 38 heavy (non-hydrogen) atoms. The van der Waals surface area contributed by atoms with Crippen LogP contribution in [0.25, 0.3) is 11.4 Å². The van der Waals surface area contributed by atoms with E-state index < -0.39 is 5.54 Å². The molecule has 6 heteroatoms. The summed E-state index contributed by atoms with van der Waals surface area (Å²) in [6.45, 7) is 7.03. The predicted octanol–water partition coefficient (Wildman–Crippen LogP) is 5.09. The molecule has 4 heterocycles. The molecule has 200 valence electrons. The Labute approximate surface area is 226 Å². The van der Waals surface area contributed by atoms with Crippen LogP contribution in [0.4, 0.5) is 0 Å². The number of fused-ring (bicyclic) bond motifs is 3. The molecule has 2 saturated heterocycles. The number of aromatic nitrogens is 2. The van der Waals surface area contributed by atoms with Crippen LogP contribution in [0.15, 0.2) is 60.9 Å². The molecule has 6 rings (SSSR count). The summed E-state index contributed by atoms with van der Waals surface area (Å²) >= 11 is 0. The smallest absolute Gasteiger partial charge is 0.222 e. The molecule has 0 spiro atoms. The normalized spacial score (nSPS) is 23.5. The van der Waals surface area contributed by atoms with Crippen molar-refractivity contribution in [3.05, 3.63) is 77.6 Å². The van der Waals surface area contributed by atoms with Crippen LogP contribution in [-0.2, 0) is 15.1 Å². The standard InChI is InChI=1S/C32H40N4O2/c1-24-9-11-26(12-10-24)32(29-8-4-3-7-28(29)31-33-17-21-36(31)32)16-13-30(37)34-19-14-25(15-20-34)22-35-18-5-6-27(35)23-38-2/h3-4,7-12,17,21,25,27H,5-6,13-16,18-20,22-23H2,1-2H3. The van der Waals surface area contributed by atoms with Gasteiger partial charge in [0.05, 0.1) is 12.1 Å². The first-order valence-corrected chi connectivity index (χ1v) is 14.3. The van der Waals surface area contributed by atoms with Crippen molar-refractivity contribution >= 4 is 5.91 Å². The van der Waals surface area contributed by atoms with Crippen molar-refractivity contribution in [3.63, 3.8) is 0 Å². The highest BCUT2D eigenvalue weighted by molar-refractivity contribution is 5.77. The minimum atomic E-state index is -0.420. The van der Waals surface area contributed by atoms with Gasteiger partial charge in [-0.15, -0.1) is 0 Å². The van der Waals surface area contributed by atoms with Crippen molar-refractivity contribution in [2.45, 2.75) is 57.0 Å². The number of methoxy groups -OCH3 is 1. The lowest BCUT2D eigenvalue weighted by Crippen LogP contribution is -2.44. The molecule has 2 fully saturated rings. The van der Waals surface area contributed by atoms with Crippen LogP contribution < -0.4 is 0 Å². The molecule has 1 amide bonds. The number of aryl methyl sites for hydroxylation is 1. The first kappa shape index (κ1) is 25.3. The molecule has 2 atom stereocenters. The highest BCUT2D eigenvalue weighted by atomic mass is 16.5. The number of carbonyl (C=O) groups is 1. The Morgan fingerprint density at radius 2 is 1.84 bits per heavy atom. The SMILES string of the molecule is COCC1CCCN1CC1CCN(C(=O)CCC2(c3ccc(C)cc3)c3ccccc3-c3nccn32)CC1. The lowest BCUT2D eigenvalue weighted by Gasteiger charge is -2.37. The van der Waals surface area contributed by atoms with Crippen molar-refractivity contribution in [3.8, 4) is 11.4 Å². The Kier molecular flexibility index (Phi) is 7.10. The Morgan fingerprint density at radius 1 is 1.05 bits per heavy atom. The average Bonchev–Trinajstić information content (AvgIpc) is 3.66. The van der Waals surface area contributed by atoms with E-state index in [-0.39, 0.29) is 5.91 Å². The van der Waals surface area contributed by atoms with Gasteiger partial charge in [-0.25, -0.2) is 4.98 Å². The Bertz CT molecular complexity index is 1260. The van der Waals surface area contributed by atoms with E-state index in [0.29, 0.717) is 18.4 Å². The quantitative estimate of drug-likeness (QED) is 0.422. The third-order valence-electron chi connectivity index (χ3n) is 9.21. The second-order valence-corrected chi connectivity index (χ2v) is 11.5. The predicted molar refractivity (Wildman–Crippen MR) is 150 cm³/mol. The number of ether oxygens (including phenoxy) is 1. The fourth-order valence-corrected chi connectivity index (χ4v) is 7.16. The first-order valence-electron chi connectivity index (χ1n) is 14.3. The van der Waals surface area contributed by atoms with Gasteiger partial charge in [0.2, 0.25) is 5.91 Å². The molecule has 3 aliphatic heterocycles. The zero-order chi connectivity index (χ0) is 26.1. The fourth-order valence-electron chi connectivity index (χ4n) is 7.16. The molecular weight excluding hydrogens is 472 g/mol. The summed E-state index contributed by atoms with van der Waals surface area (Å²) in [5, 5.41) is 0. The van der Waals surface area contributed by atoms with Gasteiger partial charge in [-0.2, -0.15) is 0 Å². The van der Waals surface area contributed by atoms with Crippen LogP contribution in [0, 0.1) is 12.8 Å². The third kappa shape index (κ3) is 4.48. The van der Waals surface area contributed by atoms with E-state index >= 15 is 0 Å². The summed E-state index contributed by atoms with van der Waals surface area (Å²) in [7, 11) is 1.81. The third-order valence-corrected chi connectivity index (χ3v) is 9.21. The molecule has 3 aliphatic rings. The topological polar surface area (TPSA) is 50.6 Å². The van der Waals surface area contributed by atoms with E-state index in [2.05, 4.69) is 76.0 Å². The number of rotatable bonds is 8. The number of benzene rings is 2. The zero-order valence-electron chi connectivity index (χ0n) is 22.8. The minimum Gasteiger partial charge on any atom is -0.383 e. The average molecular weight is 513 g/mol. The van der Waals surface area contributed by atoms with E-state index in [1.807, 2.05) is 6.20 Å². The van der Waals surface area contributed by atoms with Crippen LogP contribution >= 0.6 is 0 Å². The number of nitrogens with zero attached hydrogens (tertiary/aromatic N) is 4. The summed E-state index contributed by atoms with van der Waals surface area (Å²) in [6.07, 6.45) is 9.93. The monoisotopic (exact) mass is 512 g/mol. The van der Waals surface area contributed by atoms with Crippen LogP contribution in [0.1, 0.15) is 55.2 Å². The lowest BCUT2D eigenvalue weighted by molar-refractivity contribution is -0.133.